The van der Waals surface area contributed by atoms with Gasteiger partial charge in [0.25, 0.3) is 0 Å². The molecule has 2 unspecified atom stereocenters. The molecule has 0 bridgehead atoms. The van der Waals surface area contributed by atoms with Crippen LogP contribution in [0.15, 0.2) is 30.3 Å². The quantitative estimate of drug-likeness (QED) is 0.792. The first-order valence-electron chi connectivity index (χ1n) is 5.58. The summed E-state index contributed by atoms with van der Waals surface area (Å²) in [7, 11) is 0. The predicted octanol–water partition coefficient (Wildman–Crippen LogP) is 2.03. The highest BCUT2D eigenvalue weighted by molar-refractivity contribution is 5.22. The molecule has 4 nitrogen and oxygen atoms in total. The van der Waals surface area contributed by atoms with Crippen LogP contribution in [0.1, 0.15) is 18.0 Å². The van der Waals surface area contributed by atoms with Crippen LogP contribution in [-0.4, -0.2) is 18.2 Å². The molecule has 2 atom stereocenters. The largest absolute Gasteiger partial charge is 0.297 e. The second-order valence-electron chi connectivity index (χ2n) is 3.94. The third-order valence-electron chi connectivity index (χ3n) is 2.86. The first-order valence-corrected chi connectivity index (χ1v) is 5.58. The third kappa shape index (κ3) is 2.45. The summed E-state index contributed by atoms with van der Waals surface area (Å²) in [6.07, 6.45) is 0.404. The fraction of sp³-hybridized carbons (Fsp3) is 0.385. The molecule has 17 heavy (non-hydrogen) atoms. The summed E-state index contributed by atoms with van der Waals surface area (Å²) in [5, 5.41) is 19.5. The van der Waals surface area contributed by atoms with Crippen LogP contribution in [-0.2, 0) is 4.84 Å². The van der Waals surface area contributed by atoms with Gasteiger partial charge in [-0.05, 0) is 5.56 Å². The van der Waals surface area contributed by atoms with E-state index in [1.165, 1.54) is 0 Å². The Kier molecular flexibility index (Phi) is 3.72. The summed E-state index contributed by atoms with van der Waals surface area (Å²) < 4.78 is 0. The maximum Gasteiger partial charge on any atom is 0.0936 e. The van der Waals surface area contributed by atoms with Crippen molar-refractivity contribution in [3.05, 3.63) is 35.9 Å². The molecule has 2 rings (SSSR count). The van der Waals surface area contributed by atoms with Crippen molar-refractivity contribution in [1.82, 2.24) is 5.06 Å². The van der Waals surface area contributed by atoms with Crippen molar-refractivity contribution in [2.24, 2.45) is 5.92 Å². The minimum Gasteiger partial charge on any atom is -0.297 e. The lowest BCUT2D eigenvalue weighted by Crippen LogP contribution is -2.25. The maximum atomic E-state index is 9.12. The maximum absolute atomic E-state index is 9.12. The van der Waals surface area contributed by atoms with Gasteiger partial charge < -0.3 is 0 Å². The van der Waals surface area contributed by atoms with Crippen molar-refractivity contribution in [2.75, 3.05) is 13.2 Å². The first kappa shape index (κ1) is 11.6. The van der Waals surface area contributed by atoms with Gasteiger partial charge in [-0.25, -0.2) is 0 Å². The zero-order valence-electron chi connectivity index (χ0n) is 9.41. The van der Waals surface area contributed by atoms with Gasteiger partial charge in [-0.2, -0.15) is 15.6 Å². The Morgan fingerprint density at radius 3 is 2.71 bits per heavy atom. The molecule has 0 radical (unpaired) electrons. The molecule has 4 heteroatoms. The average molecular weight is 227 g/mol. The molecule has 86 valence electrons. The van der Waals surface area contributed by atoms with Crippen molar-refractivity contribution in [2.45, 2.75) is 12.5 Å². The van der Waals surface area contributed by atoms with Gasteiger partial charge in [-0.15, -0.1) is 0 Å². The van der Waals surface area contributed by atoms with Gasteiger partial charge in [-0.3, -0.25) is 4.84 Å². The summed E-state index contributed by atoms with van der Waals surface area (Å²) in [5.41, 5.74) is 1.06. The smallest absolute Gasteiger partial charge is 0.0936 e. The van der Waals surface area contributed by atoms with Crippen LogP contribution in [0.25, 0.3) is 0 Å². The van der Waals surface area contributed by atoms with Crippen LogP contribution in [0, 0.1) is 28.6 Å². The monoisotopic (exact) mass is 227 g/mol. The highest BCUT2D eigenvalue weighted by Crippen LogP contribution is 2.34. The zero-order valence-corrected chi connectivity index (χ0v) is 9.41. The minimum absolute atomic E-state index is 0.0606. The SMILES string of the molecule is N#CCCN1OCC(C#N)C1c1ccccc1. The second-order valence-corrected chi connectivity index (χ2v) is 3.94. The Balaban J connectivity index is 2.20. The summed E-state index contributed by atoms with van der Waals surface area (Å²) in [6, 6.07) is 14.1. The summed E-state index contributed by atoms with van der Waals surface area (Å²) in [6.45, 7) is 0.940. The molecule has 0 spiro atoms. The van der Waals surface area contributed by atoms with Crippen LogP contribution in [0.5, 0.6) is 0 Å². The van der Waals surface area contributed by atoms with Crippen LogP contribution in [0.4, 0.5) is 0 Å². The van der Waals surface area contributed by atoms with Crippen LogP contribution < -0.4 is 0 Å². The molecule has 1 aliphatic heterocycles. The van der Waals surface area contributed by atoms with E-state index >= 15 is 0 Å². The normalized spacial score (nSPS) is 24.1. The Morgan fingerprint density at radius 1 is 1.29 bits per heavy atom. The lowest BCUT2D eigenvalue weighted by atomic mass is 9.95. The molecular formula is C13H13N3O. The Bertz CT molecular complexity index is 446. The predicted molar refractivity (Wildman–Crippen MR) is 61.2 cm³/mol. The number of nitriles is 2. The van der Waals surface area contributed by atoms with Crippen LogP contribution >= 0.6 is 0 Å². The van der Waals surface area contributed by atoms with Crippen LogP contribution in [0.2, 0.25) is 0 Å². The van der Waals surface area contributed by atoms with E-state index in [2.05, 4.69) is 12.1 Å². The van der Waals surface area contributed by atoms with Crippen molar-refractivity contribution in [1.29, 1.82) is 10.5 Å². The lowest BCUT2D eigenvalue weighted by Gasteiger charge is -2.22. The van der Waals surface area contributed by atoms with Crippen molar-refractivity contribution >= 4 is 0 Å². The van der Waals surface area contributed by atoms with E-state index in [0.717, 1.165) is 5.56 Å². The highest BCUT2D eigenvalue weighted by Gasteiger charge is 2.36. The Labute approximate surface area is 101 Å². The van der Waals surface area contributed by atoms with Crippen molar-refractivity contribution in [3.8, 4) is 12.1 Å². The van der Waals surface area contributed by atoms with E-state index in [0.29, 0.717) is 19.6 Å². The molecule has 0 aliphatic carbocycles. The standard InChI is InChI=1S/C13H13N3O/c14-7-4-8-16-13(12(9-15)10-17-16)11-5-2-1-3-6-11/h1-3,5-6,12-13H,4,8,10H2. The molecule has 1 aromatic rings. The molecule has 1 heterocycles. The van der Waals surface area contributed by atoms with Gasteiger partial charge in [0.2, 0.25) is 0 Å². The van der Waals surface area contributed by atoms with Gasteiger partial charge >= 0.3 is 0 Å². The molecule has 0 saturated carbocycles. The van der Waals surface area contributed by atoms with E-state index < -0.39 is 0 Å². The van der Waals surface area contributed by atoms with Gasteiger partial charge in [0, 0.05) is 6.54 Å². The fourth-order valence-corrected chi connectivity index (χ4v) is 2.07. The number of hydroxylamine groups is 2. The van der Waals surface area contributed by atoms with E-state index in [1.807, 2.05) is 30.3 Å². The average Bonchev–Trinajstić information content (AvgIpc) is 2.80. The van der Waals surface area contributed by atoms with Crippen molar-refractivity contribution < 1.29 is 4.84 Å². The van der Waals surface area contributed by atoms with E-state index in [4.69, 9.17) is 15.4 Å². The first-order chi connectivity index (χ1) is 8.36. The number of rotatable bonds is 3. The molecule has 1 saturated heterocycles. The minimum atomic E-state index is -0.170. The number of hydrogen-bond donors (Lipinski definition) is 0. The Morgan fingerprint density at radius 2 is 2.06 bits per heavy atom. The van der Waals surface area contributed by atoms with Gasteiger partial charge in [0.1, 0.15) is 0 Å². The molecule has 0 amide bonds. The number of benzene rings is 1. The van der Waals surface area contributed by atoms with E-state index in [1.54, 1.807) is 5.06 Å². The molecule has 1 aromatic carbocycles. The summed E-state index contributed by atoms with van der Waals surface area (Å²) in [4.78, 5) is 5.49. The van der Waals surface area contributed by atoms with E-state index in [-0.39, 0.29) is 12.0 Å². The molecular weight excluding hydrogens is 214 g/mol. The number of nitrogens with zero attached hydrogens (tertiary/aromatic N) is 3. The summed E-state index contributed by atoms with van der Waals surface area (Å²) >= 11 is 0. The van der Waals surface area contributed by atoms with Gasteiger partial charge in [0.15, 0.2) is 0 Å². The van der Waals surface area contributed by atoms with Crippen LogP contribution in [0.3, 0.4) is 0 Å². The second kappa shape index (κ2) is 5.45. The molecule has 0 aromatic heterocycles. The zero-order chi connectivity index (χ0) is 12.1. The lowest BCUT2D eigenvalue weighted by molar-refractivity contribution is -0.131. The Hall–Kier alpha value is -1.88. The molecule has 1 fully saturated rings. The van der Waals surface area contributed by atoms with Gasteiger partial charge in [-0.1, -0.05) is 30.3 Å². The topological polar surface area (TPSA) is 60.1 Å². The fourth-order valence-electron chi connectivity index (χ4n) is 2.07. The van der Waals surface area contributed by atoms with E-state index in [9.17, 15) is 0 Å². The number of hydrogen-bond acceptors (Lipinski definition) is 4. The van der Waals surface area contributed by atoms with Crippen molar-refractivity contribution in [3.63, 3.8) is 0 Å². The van der Waals surface area contributed by atoms with Gasteiger partial charge in [0.05, 0.1) is 37.1 Å². The highest BCUT2D eigenvalue weighted by atomic mass is 16.7. The molecule has 0 N–H and O–H groups in total. The molecule has 1 aliphatic rings. The third-order valence-corrected chi connectivity index (χ3v) is 2.86. The summed E-state index contributed by atoms with van der Waals surface area (Å²) in [5.74, 6) is -0.170.